The molecule has 0 fully saturated rings. The molecule has 2 N–H and O–H groups in total. The molecule has 0 radical (unpaired) electrons. The van der Waals surface area contributed by atoms with Gasteiger partial charge in [-0.25, -0.2) is 0 Å². The standard InChI is InChI=1S/C10H13Cl2N/c1-7(2)8-3-5-9(6-4-8)10(11,12)13/h3-7H,13H2,1-2H3. The van der Waals surface area contributed by atoms with Gasteiger partial charge in [-0.15, -0.1) is 0 Å². The van der Waals surface area contributed by atoms with E-state index in [0.29, 0.717) is 5.92 Å². The van der Waals surface area contributed by atoms with E-state index >= 15 is 0 Å². The maximum absolute atomic E-state index is 5.73. The van der Waals surface area contributed by atoms with E-state index in [-0.39, 0.29) is 0 Å². The summed E-state index contributed by atoms with van der Waals surface area (Å²) >= 11 is 11.5. The first-order chi connectivity index (χ1) is 5.91. The van der Waals surface area contributed by atoms with Gasteiger partial charge in [0.1, 0.15) is 0 Å². The highest BCUT2D eigenvalue weighted by Gasteiger charge is 2.19. The minimum absolute atomic E-state index is 0.506. The minimum atomic E-state index is -1.28. The first-order valence-electron chi connectivity index (χ1n) is 4.18. The first-order valence-corrected chi connectivity index (χ1v) is 4.94. The molecule has 1 nitrogen and oxygen atoms in total. The van der Waals surface area contributed by atoms with Gasteiger partial charge in [0.15, 0.2) is 4.46 Å². The van der Waals surface area contributed by atoms with Crippen LogP contribution >= 0.6 is 23.2 Å². The third-order valence-corrected chi connectivity index (χ3v) is 2.40. The van der Waals surface area contributed by atoms with Crippen molar-refractivity contribution in [2.24, 2.45) is 5.73 Å². The highest BCUT2D eigenvalue weighted by Crippen LogP contribution is 2.28. The molecule has 0 saturated heterocycles. The molecule has 0 aliphatic rings. The van der Waals surface area contributed by atoms with Crippen LogP contribution in [0.25, 0.3) is 0 Å². The maximum Gasteiger partial charge on any atom is 0.192 e. The molecule has 0 atom stereocenters. The van der Waals surface area contributed by atoms with Gasteiger partial charge in [0.25, 0.3) is 0 Å². The quantitative estimate of drug-likeness (QED) is 0.597. The number of nitrogens with two attached hydrogens (primary N) is 1. The first kappa shape index (κ1) is 10.8. The summed E-state index contributed by atoms with van der Waals surface area (Å²) in [7, 11) is 0. The Morgan fingerprint density at radius 3 is 1.92 bits per heavy atom. The fraction of sp³-hybridized carbons (Fsp3) is 0.400. The normalized spacial score (nSPS) is 12.2. The summed E-state index contributed by atoms with van der Waals surface area (Å²) in [6.45, 7) is 4.26. The van der Waals surface area contributed by atoms with Crippen LogP contribution in [0.4, 0.5) is 0 Å². The lowest BCUT2D eigenvalue weighted by atomic mass is 10.0. The van der Waals surface area contributed by atoms with Gasteiger partial charge in [-0.1, -0.05) is 61.3 Å². The second-order valence-electron chi connectivity index (χ2n) is 3.40. The van der Waals surface area contributed by atoms with Crippen LogP contribution in [0.5, 0.6) is 0 Å². The monoisotopic (exact) mass is 217 g/mol. The predicted molar refractivity (Wildman–Crippen MR) is 58.1 cm³/mol. The van der Waals surface area contributed by atoms with Gasteiger partial charge in [0.2, 0.25) is 0 Å². The molecule has 3 heteroatoms. The smallest absolute Gasteiger partial charge is 0.192 e. The van der Waals surface area contributed by atoms with Crippen molar-refractivity contribution in [2.75, 3.05) is 0 Å². The summed E-state index contributed by atoms with van der Waals surface area (Å²) in [5.41, 5.74) is 7.49. The molecule has 0 heterocycles. The zero-order chi connectivity index (χ0) is 10.1. The highest BCUT2D eigenvalue weighted by atomic mass is 35.5. The van der Waals surface area contributed by atoms with Crippen molar-refractivity contribution < 1.29 is 0 Å². The Morgan fingerprint density at radius 1 is 1.15 bits per heavy atom. The molecule has 1 aromatic carbocycles. The molecule has 72 valence electrons. The summed E-state index contributed by atoms with van der Waals surface area (Å²) < 4.78 is -1.28. The lowest BCUT2D eigenvalue weighted by Crippen LogP contribution is -2.22. The lowest BCUT2D eigenvalue weighted by molar-refractivity contribution is 0.858. The topological polar surface area (TPSA) is 26.0 Å². The summed E-state index contributed by atoms with van der Waals surface area (Å²) in [6, 6.07) is 7.70. The zero-order valence-corrected chi connectivity index (χ0v) is 9.23. The molecule has 0 spiro atoms. The molecule has 0 unspecified atom stereocenters. The van der Waals surface area contributed by atoms with Gasteiger partial charge < -0.3 is 0 Å². The van der Waals surface area contributed by atoms with Crippen LogP contribution in [0, 0.1) is 0 Å². The van der Waals surface area contributed by atoms with E-state index in [2.05, 4.69) is 13.8 Å². The average Bonchev–Trinajstić information content (AvgIpc) is 2.03. The number of hydrogen-bond acceptors (Lipinski definition) is 1. The largest absolute Gasteiger partial charge is 0.296 e. The third kappa shape index (κ3) is 2.87. The van der Waals surface area contributed by atoms with Gasteiger partial charge in [-0.2, -0.15) is 0 Å². The Balaban J connectivity index is 2.94. The van der Waals surface area contributed by atoms with Gasteiger partial charge in [0.05, 0.1) is 0 Å². The molecule has 1 rings (SSSR count). The van der Waals surface area contributed by atoms with Crippen LogP contribution in [0.3, 0.4) is 0 Å². The second-order valence-corrected chi connectivity index (χ2v) is 4.79. The number of benzene rings is 1. The van der Waals surface area contributed by atoms with Crippen molar-refractivity contribution in [1.29, 1.82) is 0 Å². The predicted octanol–water partition coefficient (Wildman–Crippen LogP) is 3.36. The third-order valence-electron chi connectivity index (χ3n) is 1.96. The van der Waals surface area contributed by atoms with Crippen molar-refractivity contribution in [3.63, 3.8) is 0 Å². The summed E-state index contributed by atoms with van der Waals surface area (Å²) in [5.74, 6) is 0.506. The van der Waals surface area contributed by atoms with Crippen LogP contribution in [0.1, 0.15) is 30.9 Å². The second kappa shape index (κ2) is 3.87. The van der Waals surface area contributed by atoms with E-state index < -0.39 is 4.46 Å². The highest BCUT2D eigenvalue weighted by molar-refractivity contribution is 6.47. The number of hydrogen-bond donors (Lipinski definition) is 1. The average molecular weight is 218 g/mol. The van der Waals surface area contributed by atoms with E-state index in [1.165, 1.54) is 5.56 Å². The molecule has 0 aliphatic carbocycles. The minimum Gasteiger partial charge on any atom is -0.296 e. The van der Waals surface area contributed by atoms with Crippen LogP contribution in [-0.4, -0.2) is 0 Å². The Labute approximate surface area is 88.8 Å². The Kier molecular flexibility index (Phi) is 3.23. The fourth-order valence-electron chi connectivity index (χ4n) is 1.09. The molecule has 0 saturated carbocycles. The van der Waals surface area contributed by atoms with Gasteiger partial charge >= 0.3 is 0 Å². The van der Waals surface area contributed by atoms with Crippen LogP contribution in [0.15, 0.2) is 24.3 Å². The molecule has 0 bridgehead atoms. The van der Waals surface area contributed by atoms with Crippen molar-refractivity contribution >= 4 is 23.2 Å². The van der Waals surface area contributed by atoms with Gasteiger partial charge in [-0.05, 0) is 11.5 Å². The molecule has 0 aliphatic heterocycles. The van der Waals surface area contributed by atoms with E-state index in [1.54, 1.807) is 0 Å². The molecule has 0 amide bonds. The number of rotatable bonds is 2. The summed E-state index contributed by atoms with van der Waals surface area (Å²) in [5, 5.41) is 0. The van der Waals surface area contributed by atoms with Crippen LogP contribution in [-0.2, 0) is 4.46 Å². The Hall–Kier alpha value is -0.240. The Bertz CT molecular complexity index is 272. The Morgan fingerprint density at radius 2 is 1.62 bits per heavy atom. The molecule has 13 heavy (non-hydrogen) atoms. The van der Waals surface area contributed by atoms with Gasteiger partial charge in [-0.3, -0.25) is 5.73 Å². The van der Waals surface area contributed by atoms with Crippen molar-refractivity contribution in [2.45, 2.75) is 24.2 Å². The van der Waals surface area contributed by atoms with E-state index in [0.717, 1.165) is 5.56 Å². The van der Waals surface area contributed by atoms with E-state index in [9.17, 15) is 0 Å². The van der Waals surface area contributed by atoms with Crippen molar-refractivity contribution in [3.8, 4) is 0 Å². The maximum atomic E-state index is 5.73. The van der Waals surface area contributed by atoms with Crippen LogP contribution in [0.2, 0.25) is 0 Å². The van der Waals surface area contributed by atoms with Crippen LogP contribution < -0.4 is 5.73 Å². The molecular formula is C10H13Cl2N. The number of halogens is 2. The molecule has 1 aromatic rings. The van der Waals surface area contributed by atoms with E-state index in [1.807, 2.05) is 24.3 Å². The lowest BCUT2D eigenvalue weighted by Gasteiger charge is -2.14. The van der Waals surface area contributed by atoms with Crippen molar-refractivity contribution in [1.82, 2.24) is 0 Å². The molecular weight excluding hydrogens is 205 g/mol. The fourth-order valence-corrected chi connectivity index (χ4v) is 1.34. The zero-order valence-electron chi connectivity index (χ0n) is 7.72. The number of alkyl halides is 2. The van der Waals surface area contributed by atoms with Gasteiger partial charge in [0, 0.05) is 5.56 Å². The van der Waals surface area contributed by atoms with Crippen molar-refractivity contribution in [3.05, 3.63) is 35.4 Å². The SMILES string of the molecule is CC(C)c1ccc(C(N)(Cl)Cl)cc1. The summed E-state index contributed by atoms with van der Waals surface area (Å²) in [6.07, 6.45) is 0. The summed E-state index contributed by atoms with van der Waals surface area (Å²) in [4.78, 5) is 0. The van der Waals surface area contributed by atoms with E-state index in [4.69, 9.17) is 28.9 Å². The molecule has 0 aromatic heterocycles.